The number of hydrogen-bond acceptors (Lipinski definition) is 4. The van der Waals surface area contributed by atoms with Crippen LogP contribution in [0.25, 0.3) is 0 Å². The Morgan fingerprint density at radius 2 is 1.87 bits per heavy atom. The molecule has 1 saturated heterocycles. The standard InChI is InChI=1S/C18H28N2O3/c1-13-2-4-15(5-3-13)23-16-6-8-20(9-7-16)18(21)14-10-17(11-19)22-12-14/h10,12-13,15-16H,2-9,11,19H2,1H3. The van der Waals surface area contributed by atoms with Crippen molar-refractivity contribution in [2.24, 2.45) is 11.7 Å². The SMILES string of the molecule is CC1CCC(OC2CCN(C(=O)c3coc(CN)c3)CC2)CC1. The van der Waals surface area contributed by atoms with Crippen molar-refractivity contribution in [2.45, 2.75) is 64.2 Å². The van der Waals surface area contributed by atoms with Crippen LogP contribution in [0.4, 0.5) is 0 Å². The minimum atomic E-state index is 0.0402. The fourth-order valence-electron chi connectivity index (χ4n) is 3.62. The zero-order valence-electron chi connectivity index (χ0n) is 14.0. The summed E-state index contributed by atoms with van der Waals surface area (Å²) in [7, 11) is 0. The minimum absolute atomic E-state index is 0.0402. The van der Waals surface area contributed by atoms with Crippen LogP contribution in [0, 0.1) is 5.92 Å². The van der Waals surface area contributed by atoms with Gasteiger partial charge in [0.25, 0.3) is 5.91 Å². The number of hydrogen-bond donors (Lipinski definition) is 1. The van der Waals surface area contributed by atoms with Crippen molar-refractivity contribution < 1.29 is 13.9 Å². The highest BCUT2D eigenvalue weighted by Crippen LogP contribution is 2.28. The van der Waals surface area contributed by atoms with Crippen LogP contribution in [0.15, 0.2) is 16.7 Å². The molecule has 1 aliphatic carbocycles. The molecule has 2 N–H and O–H groups in total. The van der Waals surface area contributed by atoms with E-state index in [4.69, 9.17) is 14.9 Å². The van der Waals surface area contributed by atoms with Gasteiger partial charge in [-0.25, -0.2) is 0 Å². The molecule has 0 spiro atoms. The van der Waals surface area contributed by atoms with Crippen molar-refractivity contribution >= 4 is 5.91 Å². The maximum atomic E-state index is 12.4. The monoisotopic (exact) mass is 320 g/mol. The number of amides is 1. The van der Waals surface area contributed by atoms with Gasteiger partial charge in [-0.2, -0.15) is 0 Å². The summed E-state index contributed by atoms with van der Waals surface area (Å²) in [5.74, 6) is 1.54. The van der Waals surface area contributed by atoms with Crippen LogP contribution in [0.3, 0.4) is 0 Å². The predicted molar refractivity (Wildman–Crippen MR) is 88.0 cm³/mol. The van der Waals surface area contributed by atoms with Gasteiger partial charge in [0.1, 0.15) is 12.0 Å². The molecule has 1 amide bonds. The minimum Gasteiger partial charge on any atom is -0.467 e. The molecule has 1 aromatic heterocycles. The molecule has 2 heterocycles. The maximum Gasteiger partial charge on any atom is 0.257 e. The van der Waals surface area contributed by atoms with Gasteiger partial charge in [-0.3, -0.25) is 4.79 Å². The molecule has 5 heteroatoms. The van der Waals surface area contributed by atoms with E-state index in [1.807, 2.05) is 4.90 Å². The Morgan fingerprint density at radius 1 is 1.22 bits per heavy atom. The van der Waals surface area contributed by atoms with E-state index in [1.165, 1.54) is 31.9 Å². The molecule has 0 bridgehead atoms. The lowest BCUT2D eigenvalue weighted by atomic mass is 9.88. The van der Waals surface area contributed by atoms with Gasteiger partial charge in [-0.1, -0.05) is 6.92 Å². The summed E-state index contributed by atoms with van der Waals surface area (Å²) in [6.45, 7) is 4.17. The summed E-state index contributed by atoms with van der Waals surface area (Å²) in [6, 6.07) is 1.74. The Balaban J connectivity index is 1.45. The van der Waals surface area contributed by atoms with E-state index in [0.29, 0.717) is 30.1 Å². The van der Waals surface area contributed by atoms with E-state index in [0.717, 1.165) is 31.8 Å². The Kier molecular flexibility index (Phi) is 5.38. The van der Waals surface area contributed by atoms with Crippen molar-refractivity contribution in [1.82, 2.24) is 4.90 Å². The van der Waals surface area contributed by atoms with Crippen molar-refractivity contribution in [3.05, 3.63) is 23.7 Å². The lowest BCUT2D eigenvalue weighted by Gasteiger charge is -2.35. The van der Waals surface area contributed by atoms with E-state index in [9.17, 15) is 4.79 Å². The summed E-state index contributed by atoms with van der Waals surface area (Å²) in [5.41, 5.74) is 6.13. The van der Waals surface area contributed by atoms with Crippen LogP contribution in [0.2, 0.25) is 0 Å². The van der Waals surface area contributed by atoms with Crippen LogP contribution >= 0.6 is 0 Å². The molecule has 1 aromatic rings. The van der Waals surface area contributed by atoms with E-state index >= 15 is 0 Å². The first-order valence-electron chi connectivity index (χ1n) is 8.88. The lowest BCUT2D eigenvalue weighted by molar-refractivity contribution is -0.0570. The second-order valence-corrected chi connectivity index (χ2v) is 7.02. The fraction of sp³-hybridized carbons (Fsp3) is 0.722. The molecule has 128 valence electrons. The van der Waals surface area contributed by atoms with Crippen molar-refractivity contribution in [2.75, 3.05) is 13.1 Å². The van der Waals surface area contributed by atoms with Crippen LogP contribution in [-0.4, -0.2) is 36.1 Å². The van der Waals surface area contributed by atoms with Crippen molar-refractivity contribution in [3.63, 3.8) is 0 Å². The largest absolute Gasteiger partial charge is 0.467 e. The summed E-state index contributed by atoms with van der Waals surface area (Å²) in [5, 5.41) is 0. The number of piperidine rings is 1. The van der Waals surface area contributed by atoms with Gasteiger partial charge < -0.3 is 19.8 Å². The molecule has 5 nitrogen and oxygen atoms in total. The molecule has 0 unspecified atom stereocenters. The predicted octanol–water partition coefficient (Wildman–Crippen LogP) is 2.94. The third-order valence-corrected chi connectivity index (χ3v) is 5.18. The Bertz CT molecular complexity index is 512. The Labute approximate surface area is 138 Å². The Hall–Kier alpha value is -1.33. The molecule has 0 aromatic carbocycles. The average Bonchev–Trinajstić information content (AvgIpc) is 3.06. The summed E-state index contributed by atoms with van der Waals surface area (Å²) in [6.07, 6.45) is 9.06. The highest BCUT2D eigenvalue weighted by molar-refractivity contribution is 5.94. The number of likely N-dealkylation sites (tertiary alicyclic amines) is 1. The first-order chi connectivity index (χ1) is 11.2. The molecule has 23 heavy (non-hydrogen) atoms. The van der Waals surface area contributed by atoms with Gasteiger partial charge in [0.05, 0.1) is 24.3 Å². The van der Waals surface area contributed by atoms with Crippen LogP contribution in [0.5, 0.6) is 0 Å². The first kappa shape index (κ1) is 16.5. The topological polar surface area (TPSA) is 68.7 Å². The summed E-state index contributed by atoms with van der Waals surface area (Å²) in [4.78, 5) is 14.3. The van der Waals surface area contributed by atoms with Crippen LogP contribution in [0.1, 0.15) is 61.6 Å². The number of nitrogens with zero attached hydrogens (tertiary/aromatic N) is 1. The normalized spacial score (nSPS) is 26.4. The zero-order chi connectivity index (χ0) is 16.2. The lowest BCUT2D eigenvalue weighted by Crippen LogP contribution is -2.42. The quantitative estimate of drug-likeness (QED) is 0.926. The maximum absolute atomic E-state index is 12.4. The number of furan rings is 1. The van der Waals surface area contributed by atoms with E-state index < -0.39 is 0 Å². The van der Waals surface area contributed by atoms with E-state index in [-0.39, 0.29) is 5.91 Å². The second kappa shape index (κ2) is 7.49. The third kappa shape index (κ3) is 4.15. The summed E-state index contributed by atoms with van der Waals surface area (Å²) < 4.78 is 11.5. The van der Waals surface area contributed by atoms with Crippen LogP contribution in [-0.2, 0) is 11.3 Å². The van der Waals surface area contributed by atoms with Gasteiger partial charge >= 0.3 is 0 Å². The number of rotatable bonds is 4. The third-order valence-electron chi connectivity index (χ3n) is 5.18. The zero-order valence-corrected chi connectivity index (χ0v) is 14.0. The van der Waals surface area contributed by atoms with Gasteiger partial charge in [0.15, 0.2) is 0 Å². The van der Waals surface area contributed by atoms with Crippen molar-refractivity contribution in [1.29, 1.82) is 0 Å². The number of carbonyl (C=O) groups excluding carboxylic acids is 1. The number of nitrogens with two attached hydrogens (primary N) is 1. The second-order valence-electron chi connectivity index (χ2n) is 7.02. The van der Waals surface area contributed by atoms with Gasteiger partial charge in [0.2, 0.25) is 0 Å². The number of ether oxygens (including phenoxy) is 1. The van der Waals surface area contributed by atoms with Crippen LogP contribution < -0.4 is 5.73 Å². The Morgan fingerprint density at radius 3 is 2.48 bits per heavy atom. The molecular weight excluding hydrogens is 292 g/mol. The summed E-state index contributed by atoms with van der Waals surface area (Å²) >= 11 is 0. The molecule has 1 aliphatic heterocycles. The van der Waals surface area contributed by atoms with E-state index in [1.54, 1.807) is 6.07 Å². The molecule has 0 radical (unpaired) electrons. The molecule has 2 fully saturated rings. The molecule has 3 rings (SSSR count). The molecule has 1 saturated carbocycles. The smallest absolute Gasteiger partial charge is 0.257 e. The molecule has 0 atom stereocenters. The highest BCUT2D eigenvalue weighted by Gasteiger charge is 2.28. The van der Waals surface area contributed by atoms with Gasteiger partial charge in [-0.05, 0) is 50.5 Å². The average molecular weight is 320 g/mol. The van der Waals surface area contributed by atoms with Gasteiger partial charge in [-0.15, -0.1) is 0 Å². The highest BCUT2D eigenvalue weighted by atomic mass is 16.5. The molecular formula is C18H28N2O3. The molecule has 2 aliphatic rings. The van der Waals surface area contributed by atoms with Crippen molar-refractivity contribution in [3.8, 4) is 0 Å². The van der Waals surface area contributed by atoms with Gasteiger partial charge in [0, 0.05) is 13.1 Å². The van der Waals surface area contributed by atoms with E-state index in [2.05, 4.69) is 6.92 Å². The number of carbonyl (C=O) groups is 1. The first-order valence-corrected chi connectivity index (χ1v) is 8.88. The fourth-order valence-corrected chi connectivity index (χ4v) is 3.62.